The van der Waals surface area contributed by atoms with E-state index in [1.807, 2.05) is 19.9 Å². The predicted molar refractivity (Wildman–Crippen MR) is 84.9 cm³/mol. The summed E-state index contributed by atoms with van der Waals surface area (Å²) in [7, 11) is 0. The summed E-state index contributed by atoms with van der Waals surface area (Å²) in [4.78, 5) is 31.3. The summed E-state index contributed by atoms with van der Waals surface area (Å²) >= 11 is 0. The molecule has 0 aliphatic rings. The second-order valence-electron chi connectivity index (χ2n) is 5.81. The monoisotopic (exact) mass is 332 g/mol. The summed E-state index contributed by atoms with van der Waals surface area (Å²) in [5.41, 5.74) is 0.583. The molecule has 2 aromatic rings. The molecule has 24 heavy (non-hydrogen) atoms. The molecule has 0 radical (unpaired) electrons. The number of rotatable bonds is 8. The summed E-state index contributed by atoms with van der Waals surface area (Å²) in [6, 6.07) is 4.46. The lowest BCUT2D eigenvalue weighted by atomic mass is 10.0. The zero-order valence-corrected chi connectivity index (χ0v) is 13.6. The Kier molecular flexibility index (Phi) is 6.00. The van der Waals surface area contributed by atoms with Crippen molar-refractivity contribution in [3.63, 3.8) is 0 Å². The number of carboxylic acids is 1. The molecule has 2 N–H and O–H groups in total. The SMILES string of the molecule is CC(C)C[C@@H](NC(=O)CCc1nc(-c2ccccn2)no1)C(=O)O. The van der Waals surface area contributed by atoms with E-state index in [2.05, 4.69) is 20.4 Å². The van der Waals surface area contributed by atoms with Gasteiger partial charge in [-0.1, -0.05) is 25.1 Å². The quantitative estimate of drug-likeness (QED) is 0.755. The summed E-state index contributed by atoms with van der Waals surface area (Å²) in [6.07, 6.45) is 2.32. The highest BCUT2D eigenvalue weighted by Crippen LogP contribution is 2.13. The van der Waals surface area contributed by atoms with Gasteiger partial charge in [-0.15, -0.1) is 0 Å². The van der Waals surface area contributed by atoms with Crippen LogP contribution in [-0.2, 0) is 16.0 Å². The molecule has 0 saturated heterocycles. The van der Waals surface area contributed by atoms with Crippen molar-refractivity contribution in [2.45, 2.75) is 39.2 Å². The molecule has 0 aliphatic heterocycles. The van der Waals surface area contributed by atoms with Crippen molar-refractivity contribution in [2.75, 3.05) is 0 Å². The number of aryl methyl sites for hydroxylation is 1. The third-order valence-electron chi connectivity index (χ3n) is 3.27. The average molecular weight is 332 g/mol. The molecular weight excluding hydrogens is 312 g/mol. The van der Waals surface area contributed by atoms with E-state index in [1.165, 1.54) is 0 Å². The third-order valence-corrected chi connectivity index (χ3v) is 3.27. The normalized spacial score (nSPS) is 12.1. The molecular formula is C16H20N4O4. The topological polar surface area (TPSA) is 118 Å². The van der Waals surface area contributed by atoms with Crippen LogP contribution in [0.4, 0.5) is 0 Å². The van der Waals surface area contributed by atoms with E-state index in [0.717, 1.165) is 0 Å². The van der Waals surface area contributed by atoms with Crippen LogP contribution in [0.15, 0.2) is 28.9 Å². The number of hydrogen-bond acceptors (Lipinski definition) is 6. The fourth-order valence-corrected chi connectivity index (χ4v) is 2.14. The Morgan fingerprint density at radius 1 is 1.33 bits per heavy atom. The van der Waals surface area contributed by atoms with Gasteiger partial charge in [-0.05, 0) is 24.5 Å². The molecule has 0 bridgehead atoms. The average Bonchev–Trinajstić information content (AvgIpc) is 3.01. The minimum absolute atomic E-state index is 0.0751. The molecule has 2 heterocycles. The van der Waals surface area contributed by atoms with Crippen LogP contribution in [-0.4, -0.2) is 38.1 Å². The summed E-state index contributed by atoms with van der Waals surface area (Å²) < 4.78 is 5.09. The van der Waals surface area contributed by atoms with E-state index in [9.17, 15) is 9.59 Å². The maximum atomic E-state index is 11.9. The summed E-state index contributed by atoms with van der Waals surface area (Å²) in [5, 5.41) is 15.5. The van der Waals surface area contributed by atoms with Gasteiger partial charge in [0.25, 0.3) is 0 Å². The maximum absolute atomic E-state index is 11.9. The molecule has 128 valence electrons. The van der Waals surface area contributed by atoms with Crippen LogP contribution in [0.25, 0.3) is 11.5 Å². The molecule has 2 rings (SSSR count). The first-order valence-corrected chi connectivity index (χ1v) is 7.72. The lowest BCUT2D eigenvalue weighted by Gasteiger charge is -2.16. The standard InChI is InChI=1S/C16H20N4O4/c1-10(2)9-12(16(22)23)18-13(21)6-7-14-19-15(20-24-14)11-5-3-4-8-17-11/h3-5,8,10,12H,6-7,9H2,1-2H3,(H,18,21)(H,22,23)/t12-/m1/s1. The fourth-order valence-electron chi connectivity index (χ4n) is 2.14. The van der Waals surface area contributed by atoms with Gasteiger partial charge in [0, 0.05) is 19.0 Å². The molecule has 0 spiro atoms. The van der Waals surface area contributed by atoms with Crippen molar-refractivity contribution in [1.82, 2.24) is 20.4 Å². The lowest BCUT2D eigenvalue weighted by Crippen LogP contribution is -2.41. The zero-order chi connectivity index (χ0) is 17.5. The molecule has 1 amide bonds. The number of aromatic nitrogens is 3. The highest BCUT2D eigenvalue weighted by atomic mass is 16.5. The molecule has 1 atom stereocenters. The van der Waals surface area contributed by atoms with Gasteiger partial charge in [0.2, 0.25) is 17.6 Å². The Bertz CT molecular complexity index is 684. The molecule has 0 unspecified atom stereocenters. The number of amides is 1. The van der Waals surface area contributed by atoms with Crippen molar-refractivity contribution < 1.29 is 19.2 Å². The molecule has 0 aromatic carbocycles. The minimum atomic E-state index is -1.03. The number of aliphatic carboxylic acids is 1. The Balaban J connectivity index is 1.88. The molecule has 0 saturated carbocycles. The van der Waals surface area contributed by atoms with Crippen LogP contribution >= 0.6 is 0 Å². The van der Waals surface area contributed by atoms with Crippen LogP contribution in [0.5, 0.6) is 0 Å². The van der Waals surface area contributed by atoms with Gasteiger partial charge in [0.1, 0.15) is 11.7 Å². The fraction of sp³-hybridized carbons (Fsp3) is 0.438. The first kappa shape index (κ1) is 17.6. The van der Waals surface area contributed by atoms with E-state index in [1.54, 1.807) is 18.3 Å². The maximum Gasteiger partial charge on any atom is 0.326 e. The highest BCUT2D eigenvalue weighted by Gasteiger charge is 2.21. The van der Waals surface area contributed by atoms with Crippen LogP contribution in [0.2, 0.25) is 0 Å². The van der Waals surface area contributed by atoms with Gasteiger partial charge < -0.3 is 14.9 Å². The largest absolute Gasteiger partial charge is 0.480 e. The van der Waals surface area contributed by atoms with E-state index in [4.69, 9.17) is 9.63 Å². The number of pyridine rings is 1. The summed E-state index contributed by atoms with van der Waals surface area (Å²) in [6.45, 7) is 3.80. The van der Waals surface area contributed by atoms with E-state index in [-0.39, 0.29) is 24.7 Å². The minimum Gasteiger partial charge on any atom is -0.480 e. The third kappa shape index (κ3) is 5.15. The van der Waals surface area contributed by atoms with E-state index < -0.39 is 12.0 Å². The second kappa shape index (κ2) is 8.19. The second-order valence-corrected chi connectivity index (χ2v) is 5.81. The smallest absolute Gasteiger partial charge is 0.326 e. The number of nitrogens with zero attached hydrogens (tertiary/aromatic N) is 3. The Hall–Kier alpha value is -2.77. The Morgan fingerprint density at radius 2 is 2.12 bits per heavy atom. The summed E-state index contributed by atoms with van der Waals surface area (Å²) in [5.74, 6) is -0.563. The Morgan fingerprint density at radius 3 is 2.75 bits per heavy atom. The number of carboxylic acid groups (broad SMARTS) is 1. The molecule has 0 fully saturated rings. The van der Waals surface area contributed by atoms with Gasteiger partial charge in [-0.25, -0.2) is 4.79 Å². The van der Waals surface area contributed by atoms with Crippen LogP contribution in [0, 0.1) is 5.92 Å². The Labute approximate surface area is 139 Å². The van der Waals surface area contributed by atoms with Gasteiger partial charge >= 0.3 is 5.97 Å². The van der Waals surface area contributed by atoms with Gasteiger partial charge in [0.15, 0.2) is 0 Å². The first-order chi connectivity index (χ1) is 11.5. The van der Waals surface area contributed by atoms with E-state index >= 15 is 0 Å². The van der Waals surface area contributed by atoms with Gasteiger partial charge in [-0.2, -0.15) is 4.98 Å². The number of nitrogens with one attached hydrogen (secondary N) is 1. The van der Waals surface area contributed by atoms with Crippen LogP contribution < -0.4 is 5.32 Å². The number of carbonyl (C=O) groups is 2. The lowest BCUT2D eigenvalue weighted by molar-refractivity contribution is -0.142. The predicted octanol–water partition coefficient (Wildman–Crippen LogP) is 1.68. The number of hydrogen-bond donors (Lipinski definition) is 2. The van der Waals surface area contributed by atoms with Gasteiger partial charge in [-0.3, -0.25) is 9.78 Å². The van der Waals surface area contributed by atoms with Crippen LogP contribution in [0.3, 0.4) is 0 Å². The zero-order valence-electron chi connectivity index (χ0n) is 13.6. The molecule has 0 aliphatic carbocycles. The molecule has 8 nitrogen and oxygen atoms in total. The van der Waals surface area contributed by atoms with E-state index in [0.29, 0.717) is 23.8 Å². The first-order valence-electron chi connectivity index (χ1n) is 7.72. The van der Waals surface area contributed by atoms with Crippen molar-refractivity contribution >= 4 is 11.9 Å². The van der Waals surface area contributed by atoms with Crippen molar-refractivity contribution in [3.8, 4) is 11.5 Å². The van der Waals surface area contributed by atoms with Crippen molar-refractivity contribution in [1.29, 1.82) is 0 Å². The van der Waals surface area contributed by atoms with Gasteiger partial charge in [0.05, 0.1) is 0 Å². The molecule has 8 heteroatoms. The van der Waals surface area contributed by atoms with Crippen LogP contribution in [0.1, 0.15) is 32.6 Å². The highest BCUT2D eigenvalue weighted by molar-refractivity contribution is 5.83. The number of carbonyl (C=O) groups excluding carboxylic acids is 1. The van der Waals surface area contributed by atoms with Crippen molar-refractivity contribution in [2.24, 2.45) is 5.92 Å². The molecule has 2 aromatic heterocycles. The van der Waals surface area contributed by atoms with Crippen molar-refractivity contribution in [3.05, 3.63) is 30.3 Å².